The van der Waals surface area contributed by atoms with Crippen LogP contribution in [0.1, 0.15) is 57.2 Å². The Morgan fingerprint density at radius 3 is 2.73 bits per heavy atom. The summed E-state index contributed by atoms with van der Waals surface area (Å²) >= 11 is 0. The van der Waals surface area contributed by atoms with Crippen molar-refractivity contribution in [2.24, 2.45) is 5.92 Å². The highest BCUT2D eigenvalue weighted by Crippen LogP contribution is 2.24. The van der Waals surface area contributed by atoms with Crippen LogP contribution in [0, 0.1) is 11.7 Å². The second-order valence-corrected chi connectivity index (χ2v) is 10.2. The molecule has 0 aliphatic carbocycles. The molecule has 3 heterocycles. The standard InChI is InChI=1S/C29H35FN4O3/c1-20(2)15-21-16-23(30)17-22-18-24(31-28(21)22)19-34-14-8-9-25(29(34)37)32-26(35)10-4-3-5-11-27(36)33-12-6-7-13-33/h5,8-9,11,14,16-18,20,31H,3-4,6-7,10,12-13,15,19H2,1-2H3,(H,32,35)/b11-5+. The van der Waals surface area contributed by atoms with E-state index in [0.29, 0.717) is 18.8 Å². The number of carbonyl (C=O) groups is 2. The number of unbranched alkanes of at least 4 members (excludes halogenated alkanes) is 1. The monoisotopic (exact) mass is 506 g/mol. The quantitative estimate of drug-likeness (QED) is 0.300. The van der Waals surface area contributed by atoms with Crippen molar-refractivity contribution in [3.63, 3.8) is 0 Å². The third-order valence-corrected chi connectivity index (χ3v) is 6.55. The second kappa shape index (κ2) is 12.0. The summed E-state index contributed by atoms with van der Waals surface area (Å²) < 4.78 is 15.6. The van der Waals surface area contributed by atoms with Crippen molar-refractivity contribution < 1.29 is 14.0 Å². The number of hydrogen-bond acceptors (Lipinski definition) is 3. The molecule has 0 radical (unpaired) electrons. The highest BCUT2D eigenvalue weighted by Gasteiger charge is 2.15. The maximum Gasteiger partial charge on any atom is 0.274 e. The van der Waals surface area contributed by atoms with Gasteiger partial charge in [-0.2, -0.15) is 0 Å². The summed E-state index contributed by atoms with van der Waals surface area (Å²) in [5.41, 5.74) is 2.50. The lowest BCUT2D eigenvalue weighted by molar-refractivity contribution is -0.125. The number of amides is 2. The maximum absolute atomic E-state index is 14.1. The molecule has 196 valence electrons. The number of carbonyl (C=O) groups excluding carboxylic acids is 2. The van der Waals surface area contributed by atoms with Crippen LogP contribution in [-0.2, 0) is 22.6 Å². The third-order valence-electron chi connectivity index (χ3n) is 6.55. The number of likely N-dealkylation sites (tertiary alicyclic amines) is 1. The molecule has 0 atom stereocenters. The molecule has 0 bridgehead atoms. The molecule has 7 nitrogen and oxygen atoms in total. The van der Waals surface area contributed by atoms with E-state index >= 15 is 0 Å². The minimum absolute atomic E-state index is 0.0306. The van der Waals surface area contributed by atoms with Gasteiger partial charge in [-0.25, -0.2) is 4.39 Å². The number of rotatable bonds is 10. The summed E-state index contributed by atoms with van der Waals surface area (Å²) in [5, 5.41) is 3.49. The SMILES string of the molecule is CC(C)Cc1cc(F)cc2cc(Cn3cccc(NC(=O)CCC/C=C/C(=O)N4CCCC4)c3=O)[nH]c12. The predicted molar refractivity (Wildman–Crippen MR) is 144 cm³/mol. The van der Waals surface area contributed by atoms with Crippen molar-refractivity contribution in [2.75, 3.05) is 18.4 Å². The molecular weight excluding hydrogens is 471 g/mol. The third kappa shape index (κ3) is 6.96. The summed E-state index contributed by atoms with van der Waals surface area (Å²) in [6, 6.07) is 8.23. The molecule has 2 N–H and O–H groups in total. The van der Waals surface area contributed by atoms with Crippen molar-refractivity contribution in [1.29, 1.82) is 0 Å². The van der Waals surface area contributed by atoms with Gasteiger partial charge in [0.25, 0.3) is 5.56 Å². The Labute approximate surface area is 216 Å². The van der Waals surface area contributed by atoms with Gasteiger partial charge in [-0.1, -0.05) is 19.9 Å². The van der Waals surface area contributed by atoms with Crippen molar-refractivity contribution >= 4 is 28.4 Å². The number of nitrogens with one attached hydrogen (secondary N) is 2. The van der Waals surface area contributed by atoms with Gasteiger partial charge in [0.1, 0.15) is 11.5 Å². The first-order chi connectivity index (χ1) is 17.8. The van der Waals surface area contributed by atoms with Crippen molar-refractivity contribution in [1.82, 2.24) is 14.5 Å². The van der Waals surface area contributed by atoms with E-state index in [-0.39, 0.29) is 41.8 Å². The fourth-order valence-electron chi connectivity index (χ4n) is 4.78. The van der Waals surface area contributed by atoms with Gasteiger partial charge in [-0.15, -0.1) is 0 Å². The Balaban J connectivity index is 1.35. The molecule has 1 saturated heterocycles. The van der Waals surface area contributed by atoms with E-state index in [9.17, 15) is 18.8 Å². The molecule has 37 heavy (non-hydrogen) atoms. The van der Waals surface area contributed by atoms with E-state index in [1.807, 2.05) is 17.0 Å². The maximum atomic E-state index is 14.1. The zero-order chi connectivity index (χ0) is 26.4. The normalized spacial score (nSPS) is 13.8. The highest BCUT2D eigenvalue weighted by molar-refractivity contribution is 5.90. The van der Waals surface area contributed by atoms with Crippen molar-refractivity contribution in [3.05, 3.63) is 76.1 Å². The Hall–Kier alpha value is -3.68. The van der Waals surface area contributed by atoms with E-state index in [1.54, 1.807) is 30.5 Å². The van der Waals surface area contributed by atoms with Gasteiger partial charge in [0.2, 0.25) is 11.8 Å². The first-order valence-electron chi connectivity index (χ1n) is 13.0. The molecule has 0 saturated carbocycles. The average Bonchev–Trinajstić information content (AvgIpc) is 3.51. The Kier molecular flexibility index (Phi) is 8.58. The van der Waals surface area contributed by atoms with Crippen LogP contribution in [0.2, 0.25) is 0 Å². The van der Waals surface area contributed by atoms with E-state index in [2.05, 4.69) is 24.1 Å². The van der Waals surface area contributed by atoms with E-state index in [1.165, 1.54) is 10.6 Å². The Bertz CT molecular complexity index is 1350. The number of halogens is 1. The summed E-state index contributed by atoms with van der Waals surface area (Å²) in [6.07, 6.45) is 9.38. The molecule has 8 heteroatoms. The first kappa shape index (κ1) is 26.4. The lowest BCUT2D eigenvalue weighted by atomic mass is 10.0. The minimum atomic E-state index is -0.306. The van der Waals surface area contributed by atoms with Crippen LogP contribution in [0.25, 0.3) is 10.9 Å². The molecule has 4 rings (SSSR count). The van der Waals surface area contributed by atoms with E-state index < -0.39 is 0 Å². The molecule has 3 aromatic rings. The highest BCUT2D eigenvalue weighted by atomic mass is 19.1. The van der Waals surface area contributed by atoms with Gasteiger partial charge in [0, 0.05) is 42.3 Å². The zero-order valence-corrected chi connectivity index (χ0v) is 21.6. The summed E-state index contributed by atoms with van der Waals surface area (Å²) in [4.78, 5) is 42.6. The van der Waals surface area contributed by atoms with Crippen LogP contribution in [-0.4, -0.2) is 39.4 Å². The minimum Gasteiger partial charge on any atom is -0.357 e. The molecule has 1 aromatic carbocycles. The number of nitrogens with zero attached hydrogens (tertiary/aromatic N) is 2. The number of aromatic nitrogens is 2. The van der Waals surface area contributed by atoms with Gasteiger partial charge in [-0.3, -0.25) is 14.4 Å². The van der Waals surface area contributed by atoms with Crippen molar-refractivity contribution in [2.45, 2.75) is 58.9 Å². The Morgan fingerprint density at radius 1 is 1.19 bits per heavy atom. The summed E-state index contributed by atoms with van der Waals surface area (Å²) in [7, 11) is 0. The fraction of sp³-hybridized carbons (Fsp3) is 0.414. The van der Waals surface area contributed by atoms with Crippen LogP contribution in [0.15, 0.2) is 53.5 Å². The first-order valence-corrected chi connectivity index (χ1v) is 13.0. The number of allylic oxidation sites excluding steroid dienone is 1. The lowest BCUT2D eigenvalue weighted by Crippen LogP contribution is -2.25. The molecule has 2 aromatic heterocycles. The molecule has 2 amide bonds. The summed E-state index contributed by atoms with van der Waals surface area (Å²) in [5.74, 6) is -0.103. The van der Waals surface area contributed by atoms with Crippen LogP contribution in [0.3, 0.4) is 0 Å². The van der Waals surface area contributed by atoms with Gasteiger partial charge in [-0.05, 0) is 80.0 Å². The van der Waals surface area contributed by atoms with E-state index in [4.69, 9.17) is 0 Å². The summed E-state index contributed by atoms with van der Waals surface area (Å²) in [6.45, 7) is 6.09. The molecule has 1 aliphatic heterocycles. The number of H-pyrrole nitrogens is 1. The van der Waals surface area contributed by atoms with Gasteiger partial charge < -0.3 is 19.8 Å². The molecule has 1 fully saturated rings. The van der Waals surface area contributed by atoms with Gasteiger partial charge in [0.05, 0.1) is 6.54 Å². The van der Waals surface area contributed by atoms with Gasteiger partial charge in [0.15, 0.2) is 0 Å². The predicted octanol–water partition coefficient (Wildman–Crippen LogP) is 5.00. The number of fused-ring (bicyclic) bond motifs is 1. The molecule has 0 unspecified atom stereocenters. The van der Waals surface area contributed by atoms with Crippen LogP contribution < -0.4 is 10.9 Å². The zero-order valence-electron chi connectivity index (χ0n) is 21.6. The van der Waals surface area contributed by atoms with Crippen molar-refractivity contribution in [3.8, 4) is 0 Å². The average molecular weight is 507 g/mol. The number of benzene rings is 1. The van der Waals surface area contributed by atoms with Crippen LogP contribution >= 0.6 is 0 Å². The molecular formula is C29H35FN4O3. The van der Waals surface area contributed by atoms with E-state index in [0.717, 1.165) is 54.5 Å². The second-order valence-electron chi connectivity index (χ2n) is 10.2. The largest absolute Gasteiger partial charge is 0.357 e. The molecule has 0 spiro atoms. The van der Waals surface area contributed by atoms with Crippen LogP contribution in [0.4, 0.5) is 10.1 Å². The lowest BCUT2D eigenvalue weighted by Gasteiger charge is -2.11. The number of hydrogen-bond donors (Lipinski definition) is 2. The number of aromatic amines is 1. The molecule has 1 aliphatic rings. The van der Waals surface area contributed by atoms with Crippen LogP contribution in [0.5, 0.6) is 0 Å². The topological polar surface area (TPSA) is 87.2 Å². The Morgan fingerprint density at radius 2 is 1.97 bits per heavy atom. The fourth-order valence-corrected chi connectivity index (χ4v) is 4.78. The number of anilines is 1. The number of pyridine rings is 1. The smallest absolute Gasteiger partial charge is 0.274 e. The van der Waals surface area contributed by atoms with Gasteiger partial charge >= 0.3 is 0 Å².